The molecule has 22 heavy (non-hydrogen) atoms. The third-order valence-corrected chi connectivity index (χ3v) is 2.80. The first-order chi connectivity index (χ1) is 10.5. The van der Waals surface area contributed by atoms with Crippen molar-refractivity contribution in [1.82, 2.24) is 5.32 Å². The first kappa shape index (κ1) is 17.5. The largest absolute Gasteiger partial charge is 0.465 e. The van der Waals surface area contributed by atoms with Crippen molar-refractivity contribution in [1.29, 1.82) is 0 Å². The number of carbonyl (C=O) groups is 2. The summed E-state index contributed by atoms with van der Waals surface area (Å²) in [6.07, 6.45) is 1.81. The van der Waals surface area contributed by atoms with E-state index < -0.39 is 5.97 Å². The fourth-order valence-corrected chi connectivity index (χ4v) is 1.81. The number of hydrogen-bond acceptors (Lipinski definition) is 4. The van der Waals surface area contributed by atoms with E-state index in [0.717, 1.165) is 12.0 Å². The minimum Gasteiger partial charge on any atom is -0.465 e. The summed E-state index contributed by atoms with van der Waals surface area (Å²) < 4.78 is 4.72. The third kappa shape index (κ3) is 7.28. The van der Waals surface area contributed by atoms with Gasteiger partial charge in [0, 0.05) is 6.42 Å². The lowest BCUT2D eigenvalue weighted by Crippen LogP contribution is -2.30. The average Bonchev–Trinajstić information content (AvgIpc) is 2.47. The molecule has 0 aliphatic rings. The SMILES string of the molecule is CCOC(=O)CNC(=O)CCCc1ccc(N=C(N)N)cc1. The van der Waals surface area contributed by atoms with E-state index in [1.165, 1.54) is 0 Å². The number of benzene rings is 1. The maximum atomic E-state index is 11.6. The summed E-state index contributed by atoms with van der Waals surface area (Å²) >= 11 is 0. The number of rotatable bonds is 8. The van der Waals surface area contributed by atoms with Crippen LogP contribution in [0.1, 0.15) is 25.3 Å². The lowest BCUT2D eigenvalue weighted by molar-refractivity contribution is -0.143. The predicted octanol–water partition coefficient (Wildman–Crippen LogP) is 0.594. The minimum atomic E-state index is -0.425. The molecular formula is C15H22N4O3. The van der Waals surface area contributed by atoms with E-state index in [-0.39, 0.29) is 18.4 Å². The van der Waals surface area contributed by atoms with Gasteiger partial charge in [-0.2, -0.15) is 0 Å². The molecule has 0 aromatic heterocycles. The van der Waals surface area contributed by atoms with Gasteiger partial charge in [0.2, 0.25) is 5.91 Å². The molecular weight excluding hydrogens is 284 g/mol. The van der Waals surface area contributed by atoms with Crippen LogP contribution in [0.5, 0.6) is 0 Å². The van der Waals surface area contributed by atoms with Crippen LogP contribution in [0.3, 0.4) is 0 Å². The van der Waals surface area contributed by atoms with Crippen LogP contribution in [0.2, 0.25) is 0 Å². The maximum Gasteiger partial charge on any atom is 0.325 e. The first-order valence-electron chi connectivity index (χ1n) is 7.12. The number of ether oxygens (including phenoxy) is 1. The van der Waals surface area contributed by atoms with Crippen molar-refractivity contribution in [3.63, 3.8) is 0 Å². The fraction of sp³-hybridized carbons (Fsp3) is 0.400. The van der Waals surface area contributed by atoms with E-state index >= 15 is 0 Å². The number of hydrogen-bond donors (Lipinski definition) is 3. The van der Waals surface area contributed by atoms with Gasteiger partial charge >= 0.3 is 5.97 Å². The van der Waals surface area contributed by atoms with Crippen molar-refractivity contribution in [3.05, 3.63) is 29.8 Å². The molecule has 7 heteroatoms. The zero-order valence-electron chi connectivity index (χ0n) is 12.7. The molecule has 1 aromatic rings. The van der Waals surface area contributed by atoms with Crippen molar-refractivity contribution >= 4 is 23.5 Å². The molecule has 0 bridgehead atoms. The van der Waals surface area contributed by atoms with Crippen LogP contribution in [0, 0.1) is 0 Å². The zero-order valence-corrected chi connectivity index (χ0v) is 12.7. The van der Waals surface area contributed by atoms with Crippen LogP contribution in [0.25, 0.3) is 0 Å². The molecule has 0 fully saturated rings. The maximum absolute atomic E-state index is 11.6. The van der Waals surface area contributed by atoms with Crippen molar-refractivity contribution in [2.75, 3.05) is 13.2 Å². The number of carbonyl (C=O) groups excluding carboxylic acids is 2. The molecule has 0 heterocycles. The normalized spacial score (nSPS) is 9.86. The van der Waals surface area contributed by atoms with Gasteiger partial charge in [-0.3, -0.25) is 9.59 Å². The molecule has 1 aromatic carbocycles. The second-order valence-corrected chi connectivity index (χ2v) is 4.64. The summed E-state index contributed by atoms with van der Waals surface area (Å²) in [6, 6.07) is 7.46. The second kappa shape index (κ2) is 9.38. The van der Waals surface area contributed by atoms with E-state index in [9.17, 15) is 9.59 Å². The highest BCUT2D eigenvalue weighted by molar-refractivity contribution is 5.81. The van der Waals surface area contributed by atoms with Gasteiger partial charge in [-0.25, -0.2) is 4.99 Å². The molecule has 0 radical (unpaired) electrons. The van der Waals surface area contributed by atoms with Crippen LogP contribution in [0.4, 0.5) is 5.69 Å². The summed E-state index contributed by atoms with van der Waals surface area (Å²) in [5.41, 5.74) is 12.4. The zero-order chi connectivity index (χ0) is 16.4. The number of amides is 1. The molecule has 1 amide bonds. The topological polar surface area (TPSA) is 120 Å². The Bertz CT molecular complexity index is 522. The van der Waals surface area contributed by atoms with Crippen LogP contribution in [0.15, 0.2) is 29.3 Å². The standard InChI is InChI=1S/C15H22N4O3/c1-2-22-14(21)10-18-13(20)5-3-4-11-6-8-12(9-7-11)19-15(16)17/h6-9H,2-5,10H2,1H3,(H,18,20)(H4,16,17,19). The van der Waals surface area contributed by atoms with Crippen LogP contribution >= 0.6 is 0 Å². The Balaban J connectivity index is 2.27. The van der Waals surface area contributed by atoms with Gasteiger partial charge in [0.05, 0.1) is 12.3 Å². The molecule has 7 nitrogen and oxygen atoms in total. The molecule has 0 aliphatic carbocycles. The molecule has 0 aliphatic heterocycles. The van der Waals surface area contributed by atoms with E-state index in [0.29, 0.717) is 25.1 Å². The number of nitrogens with zero attached hydrogens (tertiary/aromatic N) is 1. The Morgan fingerprint density at radius 3 is 2.50 bits per heavy atom. The van der Waals surface area contributed by atoms with Crippen molar-refractivity contribution in [2.24, 2.45) is 16.5 Å². The quantitative estimate of drug-likeness (QED) is 0.369. The average molecular weight is 306 g/mol. The molecule has 120 valence electrons. The number of guanidine groups is 1. The second-order valence-electron chi connectivity index (χ2n) is 4.64. The lowest BCUT2D eigenvalue weighted by atomic mass is 10.1. The smallest absolute Gasteiger partial charge is 0.325 e. The Morgan fingerprint density at radius 2 is 1.91 bits per heavy atom. The monoisotopic (exact) mass is 306 g/mol. The van der Waals surface area contributed by atoms with Crippen LogP contribution in [-0.4, -0.2) is 31.0 Å². The van der Waals surface area contributed by atoms with Crippen LogP contribution < -0.4 is 16.8 Å². The fourth-order valence-electron chi connectivity index (χ4n) is 1.81. The summed E-state index contributed by atoms with van der Waals surface area (Å²) in [7, 11) is 0. The van der Waals surface area contributed by atoms with Crippen molar-refractivity contribution in [3.8, 4) is 0 Å². The van der Waals surface area contributed by atoms with Crippen molar-refractivity contribution < 1.29 is 14.3 Å². The minimum absolute atomic E-state index is 0.0195. The molecule has 5 N–H and O–H groups in total. The van der Waals surface area contributed by atoms with Gasteiger partial charge in [0.1, 0.15) is 6.54 Å². The number of aliphatic imine (C=N–C) groups is 1. The number of aryl methyl sites for hydroxylation is 1. The van der Waals surface area contributed by atoms with Crippen LogP contribution in [-0.2, 0) is 20.7 Å². The first-order valence-corrected chi connectivity index (χ1v) is 7.12. The molecule has 0 saturated carbocycles. The molecule has 1 rings (SSSR count). The Labute approximate surface area is 129 Å². The summed E-state index contributed by atoms with van der Waals surface area (Å²) in [5.74, 6) is -0.567. The van der Waals surface area contributed by atoms with Gasteiger partial charge in [-0.1, -0.05) is 12.1 Å². The Kier molecular flexibility index (Phi) is 7.45. The number of nitrogens with two attached hydrogens (primary N) is 2. The highest BCUT2D eigenvalue weighted by Crippen LogP contribution is 2.14. The Hall–Kier alpha value is -2.57. The van der Waals surface area contributed by atoms with Gasteiger partial charge in [0.25, 0.3) is 0 Å². The van der Waals surface area contributed by atoms with E-state index in [1.807, 2.05) is 24.3 Å². The lowest BCUT2D eigenvalue weighted by Gasteiger charge is -2.05. The van der Waals surface area contributed by atoms with Gasteiger partial charge in [0.15, 0.2) is 5.96 Å². The van der Waals surface area contributed by atoms with E-state index in [2.05, 4.69) is 10.3 Å². The molecule has 0 spiro atoms. The molecule has 0 unspecified atom stereocenters. The van der Waals surface area contributed by atoms with Gasteiger partial charge < -0.3 is 21.5 Å². The number of esters is 1. The summed E-state index contributed by atoms with van der Waals surface area (Å²) in [6.45, 7) is 1.95. The van der Waals surface area contributed by atoms with E-state index in [1.54, 1.807) is 6.92 Å². The number of nitrogens with one attached hydrogen (secondary N) is 1. The van der Waals surface area contributed by atoms with Gasteiger partial charge in [-0.05, 0) is 37.5 Å². The summed E-state index contributed by atoms with van der Waals surface area (Å²) in [4.78, 5) is 26.6. The molecule has 0 saturated heterocycles. The van der Waals surface area contributed by atoms with Gasteiger partial charge in [-0.15, -0.1) is 0 Å². The Morgan fingerprint density at radius 1 is 1.23 bits per heavy atom. The third-order valence-electron chi connectivity index (χ3n) is 2.80. The highest BCUT2D eigenvalue weighted by Gasteiger charge is 2.05. The summed E-state index contributed by atoms with van der Waals surface area (Å²) in [5, 5.41) is 2.53. The highest BCUT2D eigenvalue weighted by atomic mass is 16.5. The molecule has 0 atom stereocenters. The van der Waals surface area contributed by atoms with E-state index in [4.69, 9.17) is 16.2 Å². The predicted molar refractivity (Wildman–Crippen MR) is 84.5 cm³/mol. The van der Waals surface area contributed by atoms with Crippen molar-refractivity contribution in [2.45, 2.75) is 26.2 Å².